The number of amides is 2. The maximum Gasteiger partial charge on any atom is 0.260 e. The van der Waals surface area contributed by atoms with Crippen LogP contribution in [0.3, 0.4) is 0 Å². The van der Waals surface area contributed by atoms with Gasteiger partial charge < -0.3 is 53.2 Å². The van der Waals surface area contributed by atoms with Gasteiger partial charge in [-0.3, -0.25) is 9.59 Å². The van der Waals surface area contributed by atoms with Crippen LogP contribution in [0.1, 0.15) is 31.8 Å². The molecule has 0 spiro atoms. The molecule has 2 aliphatic rings. The van der Waals surface area contributed by atoms with Gasteiger partial charge in [-0.15, -0.1) is 0 Å². The molecule has 0 aliphatic carbocycles. The summed E-state index contributed by atoms with van der Waals surface area (Å²) in [6, 6.07) is 16.0. The SMILES string of the molecule is O=C(c1ccc[n+](Cc2ccc(C[n+]3cccc(C(=O)N4CCOCC4)c3)cc2)c1)N1CCOCC1.[Br-].[Br-]. The van der Waals surface area contributed by atoms with Crippen LogP contribution in [0, 0.1) is 0 Å². The number of nitrogens with zero attached hydrogens (tertiary/aromatic N) is 4. The van der Waals surface area contributed by atoms with Crippen molar-refractivity contribution in [3.63, 3.8) is 0 Å². The summed E-state index contributed by atoms with van der Waals surface area (Å²) in [5, 5.41) is 0. The number of hydrogen-bond acceptors (Lipinski definition) is 4. The minimum absolute atomic E-state index is 0. The van der Waals surface area contributed by atoms with E-state index in [-0.39, 0.29) is 45.8 Å². The Kier molecular flexibility index (Phi) is 11.4. The zero-order chi connectivity index (χ0) is 24.7. The predicted octanol–water partition coefficient (Wildman–Crippen LogP) is -4.69. The summed E-state index contributed by atoms with van der Waals surface area (Å²) in [6.07, 6.45) is 7.80. The lowest BCUT2D eigenvalue weighted by molar-refractivity contribution is -0.689. The Balaban J connectivity index is 0.00000200. The van der Waals surface area contributed by atoms with E-state index in [2.05, 4.69) is 24.3 Å². The van der Waals surface area contributed by atoms with Gasteiger partial charge in [0.25, 0.3) is 11.8 Å². The van der Waals surface area contributed by atoms with Crippen LogP contribution in [-0.4, -0.2) is 74.2 Å². The summed E-state index contributed by atoms with van der Waals surface area (Å²) in [5.41, 5.74) is 3.69. The molecule has 0 unspecified atom stereocenters. The van der Waals surface area contributed by atoms with Gasteiger partial charge in [-0.05, 0) is 12.1 Å². The van der Waals surface area contributed by atoms with Crippen LogP contribution in [-0.2, 0) is 22.6 Å². The van der Waals surface area contributed by atoms with Crippen molar-refractivity contribution in [3.8, 4) is 0 Å². The zero-order valence-electron chi connectivity index (χ0n) is 21.2. The summed E-state index contributed by atoms with van der Waals surface area (Å²) in [7, 11) is 0. The molecule has 0 radical (unpaired) electrons. The lowest BCUT2D eigenvalue weighted by atomic mass is 10.1. The number of hydrogen-bond donors (Lipinski definition) is 0. The second-order valence-corrected chi connectivity index (χ2v) is 9.16. The van der Waals surface area contributed by atoms with E-state index in [4.69, 9.17) is 9.47 Å². The Morgan fingerprint density at radius 2 is 1.00 bits per heavy atom. The van der Waals surface area contributed by atoms with Gasteiger partial charge in [-0.25, -0.2) is 0 Å². The van der Waals surface area contributed by atoms with Gasteiger partial charge in [0.2, 0.25) is 0 Å². The van der Waals surface area contributed by atoms with Crippen LogP contribution in [0.25, 0.3) is 0 Å². The van der Waals surface area contributed by atoms with Crippen molar-refractivity contribution < 1.29 is 62.2 Å². The third-order valence-electron chi connectivity index (χ3n) is 6.56. The molecule has 0 bridgehead atoms. The molecule has 8 nitrogen and oxygen atoms in total. The zero-order valence-corrected chi connectivity index (χ0v) is 24.3. The van der Waals surface area contributed by atoms with E-state index in [9.17, 15) is 9.59 Å². The first-order valence-electron chi connectivity index (χ1n) is 12.5. The summed E-state index contributed by atoms with van der Waals surface area (Å²) in [5.74, 6) is 0.101. The number of aromatic nitrogens is 2. The van der Waals surface area contributed by atoms with Crippen molar-refractivity contribution in [3.05, 3.63) is 95.6 Å². The van der Waals surface area contributed by atoms with Crippen molar-refractivity contribution in [1.82, 2.24) is 9.80 Å². The number of ether oxygens (including phenoxy) is 2. The van der Waals surface area contributed by atoms with E-state index in [0.29, 0.717) is 76.8 Å². The molecule has 10 heteroatoms. The van der Waals surface area contributed by atoms with E-state index in [1.165, 1.54) is 0 Å². The Morgan fingerprint density at radius 3 is 1.37 bits per heavy atom. The van der Waals surface area contributed by atoms with Crippen LogP contribution < -0.4 is 43.1 Å². The van der Waals surface area contributed by atoms with Crippen molar-refractivity contribution in [2.24, 2.45) is 0 Å². The first-order valence-corrected chi connectivity index (χ1v) is 12.5. The number of morpholine rings is 2. The van der Waals surface area contributed by atoms with Crippen LogP contribution in [0.4, 0.5) is 0 Å². The highest BCUT2D eigenvalue weighted by atomic mass is 79.9. The van der Waals surface area contributed by atoms with Crippen molar-refractivity contribution in [1.29, 1.82) is 0 Å². The quantitative estimate of drug-likeness (QED) is 0.253. The maximum atomic E-state index is 12.8. The molecule has 5 rings (SSSR count). The monoisotopic (exact) mass is 646 g/mol. The molecule has 3 aromatic rings. The molecule has 0 saturated carbocycles. The molecule has 38 heavy (non-hydrogen) atoms. The number of benzene rings is 1. The molecule has 2 aromatic heterocycles. The van der Waals surface area contributed by atoms with Gasteiger partial charge in [0, 0.05) is 49.4 Å². The number of halogens is 2. The number of carbonyl (C=O) groups is 2. The van der Waals surface area contributed by atoms with Crippen molar-refractivity contribution in [2.45, 2.75) is 13.1 Å². The highest BCUT2D eigenvalue weighted by molar-refractivity contribution is 5.94. The van der Waals surface area contributed by atoms with Crippen LogP contribution in [0.2, 0.25) is 0 Å². The fourth-order valence-electron chi connectivity index (χ4n) is 4.56. The van der Waals surface area contributed by atoms with Gasteiger partial charge in [-0.1, -0.05) is 24.3 Å². The predicted molar refractivity (Wildman–Crippen MR) is 131 cm³/mol. The smallest absolute Gasteiger partial charge is 0.260 e. The molecule has 2 fully saturated rings. The highest BCUT2D eigenvalue weighted by Gasteiger charge is 2.22. The Bertz CT molecular complexity index is 1120. The van der Waals surface area contributed by atoms with Gasteiger partial charge >= 0.3 is 0 Å². The minimum Gasteiger partial charge on any atom is -1.00 e. The lowest BCUT2D eigenvalue weighted by Crippen LogP contribution is -3.00. The number of pyridine rings is 2. The van der Waals surface area contributed by atoms with Gasteiger partial charge in [0.15, 0.2) is 37.9 Å². The molecule has 2 amide bonds. The average Bonchev–Trinajstić information content (AvgIpc) is 2.94. The summed E-state index contributed by atoms with van der Waals surface area (Å²) < 4.78 is 14.8. The first kappa shape index (κ1) is 29.9. The molecular formula is C28H32Br2N4O4. The van der Waals surface area contributed by atoms with E-state index < -0.39 is 0 Å². The minimum atomic E-state index is 0. The standard InChI is InChI=1S/C28H32N4O4.2BrH/c33-27(31-11-15-35-16-12-31)25-3-1-9-29(21-25)19-23-5-7-24(8-6-23)20-30-10-2-4-26(22-30)28(34)32-13-17-36-18-14-32;;/h1-10,21-22H,11-20H2;2*1H/q+2;;/p-2. The summed E-state index contributed by atoms with van der Waals surface area (Å²) >= 11 is 0. The van der Waals surface area contributed by atoms with E-state index in [1.807, 2.05) is 68.0 Å². The molecule has 4 heterocycles. The third-order valence-corrected chi connectivity index (χ3v) is 6.56. The molecule has 202 valence electrons. The molecule has 2 aliphatic heterocycles. The lowest BCUT2D eigenvalue weighted by Gasteiger charge is -2.26. The first-order chi connectivity index (χ1) is 17.7. The summed E-state index contributed by atoms with van der Waals surface area (Å²) in [6.45, 7) is 6.29. The Morgan fingerprint density at radius 1 is 0.632 bits per heavy atom. The van der Waals surface area contributed by atoms with Crippen LogP contribution in [0.5, 0.6) is 0 Å². The second kappa shape index (κ2) is 14.5. The fourth-order valence-corrected chi connectivity index (χ4v) is 4.56. The normalized spacial score (nSPS) is 15.3. The molecule has 0 N–H and O–H groups in total. The van der Waals surface area contributed by atoms with Gasteiger partial charge in [-0.2, -0.15) is 9.13 Å². The van der Waals surface area contributed by atoms with Crippen molar-refractivity contribution >= 4 is 11.8 Å². The maximum absolute atomic E-state index is 12.8. The Labute approximate surface area is 244 Å². The second-order valence-electron chi connectivity index (χ2n) is 9.16. The topological polar surface area (TPSA) is 66.8 Å². The van der Waals surface area contributed by atoms with Gasteiger partial charge in [0.05, 0.1) is 26.4 Å². The molecule has 0 atom stereocenters. The van der Waals surface area contributed by atoms with E-state index >= 15 is 0 Å². The van der Waals surface area contributed by atoms with Crippen molar-refractivity contribution in [2.75, 3.05) is 52.6 Å². The molecular weight excluding hydrogens is 616 g/mol. The molecule has 1 aromatic carbocycles. The largest absolute Gasteiger partial charge is 1.00 e. The average molecular weight is 648 g/mol. The van der Waals surface area contributed by atoms with E-state index in [1.54, 1.807) is 0 Å². The molecule has 2 saturated heterocycles. The highest BCUT2D eigenvalue weighted by Crippen LogP contribution is 2.09. The number of carbonyl (C=O) groups excluding carboxylic acids is 2. The fraction of sp³-hybridized carbons (Fsp3) is 0.357. The van der Waals surface area contributed by atoms with Crippen LogP contribution >= 0.6 is 0 Å². The van der Waals surface area contributed by atoms with Gasteiger partial charge in [0.1, 0.15) is 11.1 Å². The van der Waals surface area contributed by atoms with E-state index in [0.717, 1.165) is 11.1 Å². The Hall–Kier alpha value is -2.66. The summed E-state index contributed by atoms with van der Waals surface area (Å²) in [4.78, 5) is 29.3. The number of rotatable bonds is 6. The third kappa shape index (κ3) is 7.69. The van der Waals surface area contributed by atoms with Crippen LogP contribution in [0.15, 0.2) is 73.3 Å².